The summed E-state index contributed by atoms with van der Waals surface area (Å²) in [4.78, 5) is 11.9. The van der Waals surface area contributed by atoms with E-state index in [-0.39, 0.29) is 11.9 Å². The minimum absolute atomic E-state index is 0.0450. The topological polar surface area (TPSA) is 35.5 Å². The third-order valence-corrected chi connectivity index (χ3v) is 2.88. The van der Waals surface area contributed by atoms with Gasteiger partial charge in [-0.05, 0) is 24.8 Å². The van der Waals surface area contributed by atoms with Gasteiger partial charge in [0.05, 0.1) is 12.7 Å². The molecule has 1 fully saturated rings. The van der Waals surface area contributed by atoms with Crippen LogP contribution in [0.4, 0.5) is 0 Å². The zero-order chi connectivity index (χ0) is 11.4. The number of rotatable bonds is 3. The van der Waals surface area contributed by atoms with Crippen LogP contribution in [0, 0.1) is 5.92 Å². The van der Waals surface area contributed by atoms with Crippen molar-refractivity contribution >= 4 is 5.78 Å². The molecule has 0 heterocycles. The van der Waals surface area contributed by atoms with Crippen LogP contribution in [0.1, 0.15) is 26.7 Å². The maximum absolute atomic E-state index is 11.9. The van der Waals surface area contributed by atoms with Gasteiger partial charge in [0, 0.05) is 26.2 Å². The molecule has 1 aliphatic rings. The van der Waals surface area contributed by atoms with Crippen molar-refractivity contribution in [2.24, 2.45) is 5.92 Å². The van der Waals surface area contributed by atoms with Crippen LogP contribution in [0.5, 0.6) is 0 Å². The molecule has 0 bridgehead atoms. The number of hydrogen-bond donors (Lipinski definition) is 0. The molecule has 1 rings (SSSR count). The largest absolute Gasteiger partial charge is 0.380 e. The minimum Gasteiger partial charge on any atom is -0.380 e. The standard InChI is InChI=1S/C12H20O3/c1-8-5-10(13)12(9(2)7-14-3)11(6-8)15-4/h8,11H,5-7H2,1-4H3. The lowest BCUT2D eigenvalue weighted by molar-refractivity contribution is -0.119. The van der Waals surface area contributed by atoms with Crippen molar-refractivity contribution < 1.29 is 14.3 Å². The van der Waals surface area contributed by atoms with Gasteiger partial charge in [-0.2, -0.15) is 0 Å². The number of ether oxygens (including phenoxy) is 2. The molecule has 3 heteroatoms. The van der Waals surface area contributed by atoms with Crippen molar-refractivity contribution in [3.05, 3.63) is 11.1 Å². The first-order valence-electron chi connectivity index (χ1n) is 5.34. The van der Waals surface area contributed by atoms with Gasteiger partial charge in [-0.25, -0.2) is 0 Å². The Morgan fingerprint density at radius 2 is 2.13 bits per heavy atom. The molecule has 3 nitrogen and oxygen atoms in total. The summed E-state index contributed by atoms with van der Waals surface area (Å²) in [6, 6.07) is 0. The van der Waals surface area contributed by atoms with E-state index >= 15 is 0 Å². The van der Waals surface area contributed by atoms with Crippen LogP contribution in [-0.4, -0.2) is 32.7 Å². The summed E-state index contributed by atoms with van der Waals surface area (Å²) in [6.07, 6.45) is 1.52. The van der Waals surface area contributed by atoms with Gasteiger partial charge < -0.3 is 9.47 Å². The summed E-state index contributed by atoms with van der Waals surface area (Å²) in [6.45, 7) is 4.54. The normalized spacial score (nSPS) is 30.5. The zero-order valence-corrected chi connectivity index (χ0v) is 10.0. The lowest BCUT2D eigenvalue weighted by atomic mass is 9.82. The Labute approximate surface area is 91.4 Å². The monoisotopic (exact) mass is 212 g/mol. The Morgan fingerprint density at radius 3 is 2.67 bits per heavy atom. The van der Waals surface area contributed by atoms with E-state index in [9.17, 15) is 4.79 Å². The van der Waals surface area contributed by atoms with Gasteiger partial charge in [0.1, 0.15) is 0 Å². The Hall–Kier alpha value is -0.670. The molecule has 0 aromatic carbocycles. The number of methoxy groups -OCH3 is 2. The van der Waals surface area contributed by atoms with Crippen LogP contribution >= 0.6 is 0 Å². The van der Waals surface area contributed by atoms with Crippen LogP contribution in [0.3, 0.4) is 0 Å². The highest BCUT2D eigenvalue weighted by molar-refractivity contribution is 5.98. The van der Waals surface area contributed by atoms with E-state index < -0.39 is 0 Å². The second kappa shape index (κ2) is 5.42. The molecule has 15 heavy (non-hydrogen) atoms. The van der Waals surface area contributed by atoms with Crippen LogP contribution in [0.25, 0.3) is 0 Å². The SMILES string of the molecule is COCC(C)=C1C(=O)CC(C)CC1OC. The van der Waals surface area contributed by atoms with Crippen LogP contribution in [0.2, 0.25) is 0 Å². The second-order valence-corrected chi connectivity index (χ2v) is 4.32. The van der Waals surface area contributed by atoms with Gasteiger partial charge in [0.25, 0.3) is 0 Å². The fraction of sp³-hybridized carbons (Fsp3) is 0.750. The molecule has 86 valence electrons. The summed E-state index contributed by atoms with van der Waals surface area (Å²) in [5.41, 5.74) is 1.83. The van der Waals surface area contributed by atoms with Gasteiger partial charge in [0.15, 0.2) is 5.78 Å². The second-order valence-electron chi connectivity index (χ2n) is 4.32. The molecule has 2 unspecified atom stereocenters. The van der Waals surface area contributed by atoms with E-state index in [4.69, 9.17) is 9.47 Å². The van der Waals surface area contributed by atoms with Gasteiger partial charge in [-0.1, -0.05) is 6.92 Å². The Kier molecular flexibility index (Phi) is 4.48. The molecule has 0 amide bonds. The van der Waals surface area contributed by atoms with Gasteiger partial charge in [-0.3, -0.25) is 4.79 Å². The molecule has 0 N–H and O–H groups in total. The van der Waals surface area contributed by atoms with Crippen LogP contribution < -0.4 is 0 Å². The molecule has 2 atom stereocenters. The van der Waals surface area contributed by atoms with Crippen LogP contribution in [0.15, 0.2) is 11.1 Å². The number of carbonyl (C=O) groups is 1. The van der Waals surface area contributed by atoms with Crippen molar-refractivity contribution in [1.29, 1.82) is 0 Å². The number of Topliss-reactive ketones (excluding diaryl/α,β-unsaturated/α-hetero) is 1. The summed E-state index contributed by atoms with van der Waals surface area (Å²) >= 11 is 0. The number of ketones is 1. The van der Waals surface area contributed by atoms with Crippen LogP contribution in [-0.2, 0) is 14.3 Å². The fourth-order valence-corrected chi connectivity index (χ4v) is 2.19. The Balaban J connectivity index is 2.92. The molecular weight excluding hydrogens is 192 g/mol. The van der Waals surface area contributed by atoms with E-state index in [2.05, 4.69) is 6.92 Å². The van der Waals surface area contributed by atoms with E-state index in [1.165, 1.54) is 0 Å². The van der Waals surface area contributed by atoms with Crippen molar-refractivity contribution in [3.63, 3.8) is 0 Å². The molecule has 1 saturated carbocycles. The fourth-order valence-electron chi connectivity index (χ4n) is 2.19. The quantitative estimate of drug-likeness (QED) is 0.671. The first-order chi connectivity index (χ1) is 7.10. The maximum Gasteiger partial charge on any atom is 0.161 e. The molecule has 0 aliphatic heterocycles. The Bertz CT molecular complexity index is 268. The first kappa shape index (κ1) is 12.4. The lowest BCUT2D eigenvalue weighted by Crippen LogP contribution is -2.31. The third kappa shape index (κ3) is 2.89. The molecule has 0 saturated heterocycles. The lowest BCUT2D eigenvalue weighted by Gasteiger charge is -2.29. The third-order valence-electron chi connectivity index (χ3n) is 2.88. The predicted octanol–water partition coefficient (Wildman–Crippen LogP) is 1.96. The summed E-state index contributed by atoms with van der Waals surface area (Å²) in [5, 5.41) is 0. The van der Waals surface area contributed by atoms with E-state index in [0.29, 0.717) is 18.9 Å². The number of hydrogen-bond acceptors (Lipinski definition) is 3. The van der Waals surface area contributed by atoms with E-state index in [1.54, 1.807) is 14.2 Å². The maximum atomic E-state index is 11.9. The average Bonchev–Trinajstić information content (AvgIpc) is 2.16. The number of carbonyl (C=O) groups excluding carboxylic acids is 1. The van der Waals surface area contributed by atoms with Gasteiger partial charge in [0.2, 0.25) is 0 Å². The van der Waals surface area contributed by atoms with Crippen molar-refractivity contribution in [2.45, 2.75) is 32.8 Å². The molecule has 0 radical (unpaired) electrons. The summed E-state index contributed by atoms with van der Waals surface area (Å²) < 4.78 is 10.4. The predicted molar refractivity (Wildman–Crippen MR) is 58.8 cm³/mol. The summed E-state index contributed by atoms with van der Waals surface area (Å²) in [7, 11) is 3.30. The molecule has 0 aromatic heterocycles. The summed E-state index contributed by atoms with van der Waals surface area (Å²) in [5.74, 6) is 0.636. The molecule has 0 spiro atoms. The highest BCUT2D eigenvalue weighted by Crippen LogP contribution is 2.29. The minimum atomic E-state index is -0.0450. The first-order valence-corrected chi connectivity index (χ1v) is 5.34. The van der Waals surface area contributed by atoms with Crippen molar-refractivity contribution in [1.82, 2.24) is 0 Å². The molecule has 1 aliphatic carbocycles. The van der Waals surface area contributed by atoms with Gasteiger partial charge >= 0.3 is 0 Å². The van der Waals surface area contributed by atoms with E-state index in [0.717, 1.165) is 17.6 Å². The van der Waals surface area contributed by atoms with E-state index in [1.807, 2.05) is 6.92 Å². The zero-order valence-electron chi connectivity index (χ0n) is 10.0. The van der Waals surface area contributed by atoms with Crippen molar-refractivity contribution in [2.75, 3.05) is 20.8 Å². The Morgan fingerprint density at radius 1 is 1.47 bits per heavy atom. The highest BCUT2D eigenvalue weighted by atomic mass is 16.5. The average molecular weight is 212 g/mol. The molecular formula is C12H20O3. The molecule has 0 aromatic rings. The van der Waals surface area contributed by atoms with Crippen molar-refractivity contribution in [3.8, 4) is 0 Å². The van der Waals surface area contributed by atoms with Gasteiger partial charge in [-0.15, -0.1) is 0 Å². The highest BCUT2D eigenvalue weighted by Gasteiger charge is 2.31. The smallest absolute Gasteiger partial charge is 0.161 e.